The summed E-state index contributed by atoms with van der Waals surface area (Å²) in [5.74, 6) is -0.781. The van der Waals surface area contributed by atoms with Crippen LogP contribution < -0.4 is 15.5 Å². The molecule has 0 aliphatic carbocycles. The summed E-state index contributed by atoms with van der Waals surface area (Å²) in [6, 6.07) is 10.4. The van der Waals surface area contributed by atoms with E-state index in [4.69, 9.17) is 4.52 Å². The highest BCUT2D eigenvalue weighted by Crippen LogP contribution is 2.46. The quantitative estimate of drug-likeness (QED) is 0.270. The second-order valence-corrected chi connectivity index (χ2v) is 12.9. The molecule has 1 aromatic heterocycles. The monoisotopic (exact) mass is 588 g/mol. The lowest BCUT2D eigenvalue weighted by Gasteiger charge is -2.22. The van der Waals surface area contributed by atoms with Crippen molar-refractivity contribution in [1.82, 2.24) is 14.9 Å². The van der Waals surface area contributed by atoms with Crippen LogP contribution in [0.3, 0.4) is 0 Å². The van der Waals surface area contributed by atoms with E-state index < -0.39 is 24.9 Å². The first-order chi connectivity index (χ1) is 19.4. The number of aromatic nitrogens is 2. The van der Waals surface area contributed by atoms with E-state index in [0.29, 0.717) is 30.6 Å². The van der Waals surface area contributed by atoms with Crippen molar-refractivity contribution < 1.29 is 27.1 Å². The third-order valence-corrected chi connectivity index (χ3v) is 8.86. The summed E-state index contributed by atoms with van der Waals surface area (Å²) >= 11 is 0. The van der Waals surface area contributed by atoms with Crippen LogP contribution in [0.5, 0.6) is 0 Å². The van der Waals surface area contributed by atoms with E-state index in [2.05, 4.69) is 25.5 Å². The Morgan fingerprint density at radius 2 is 1.78 bits per heavy atom. The fourth-order valence-electron chi connectivity index (χ4n) is 5.24. The van der Waals surface area contributed by atoms with Crippen LogP contribution >= 0.6 is 7.37 Å². The molecule has 2 N–H and O–H groups in total. The van der Waals surface area contributed by atoms with Crippen LogP contribution in [0.4, 0.5) is 42.0 Å². The summed E-state index contributed by atoms with van der Waals surface area (Å²) in [6.45, 7) is 5.85. The van der Waals surface area contributed by atoms with Crippen LogP contribution in [0.25, 0.3) is 0 Å². The lowest BCUT2D eigenvalue weighted by atomic mass is 10.0. The molecule has 3 heterocycles. The number of rotatable bonds is 9. The number of nitrogens with one attached hydrogen (secondary N) is 2. The smallest absolute Gasteiger partial charge is 0.371 e. The van der Waals surface area contributed by atoms with Gasteiger partial charge in [0.2, 0.25) is 13.3 Å². The lowest BCUT2D eigenvalue weighted by Crippen LogP contribution is -2.20. The first-order valence-electron chi connectivity index (χ1n) is 13.4. The summed E-state index contributed by atoms with van der Waals surface area (Å²) < 4.78 is 59.7. The third kappa shape index (κ3) is 6.33. The topological polar surface area (TPSA) is 99.7 Å². The molecule has 2 aliphatic heterocycles. The normalized spacial score (nSPS) is 16.6. The number of anilines is 5. The fourth-order valence-corrected chi connectivity index (χ4v) is 6.76. The second-order valence-electron chi connectivity index (χ2n) is 10.3. The largest absolute Gasteiger partial charge is 0.421 e. The average molecular weight is 589 g/mol. The van der Waals surface area contributed by atoms with Gasteiger partial charge in [-0.25, -0.2) is 4.98 Å². The van der Waals surface area contributed by atoms with Crippen molar-refractivity contribution in [3.8, 4) is 0 Å². The Morgan fingerprint density at radius 3 is 2.44 bits per heavy atom. The van der Waals surface area contributed by atoms with Crippen molar-refractivity contribution in [2.75, 3.05) is 48.9 Å². The molecule has 218 valence electrons. The van der Waals surface area contributed by atoms with Gasteiger partial charge in [-0.2, -0.15) is 18.2 Å². The number of fused-ring (bicyclic) bond motifs is 1. The van der Waals surface area contributed by atoms with E-state index in [1.165, 1.54) is 0 Å². The van der Waals surface area contributed by atoms with E-state index in [9.17, 15) is 22.5 Å². The van der Waals surface area contributed by atoms with Gasteiger partial charge in [-0.05, 0) is 49.6 Å². The highest BCUT2D eigenvalue weighted by molar-refractivity contribution is 7.57. The summed E-state index contributed by atoms with van der Waals surface area (Å²) in [6.07, 6.45) is -1.63. The van der Waals surface area contributed by atoms with Gasteiger partial charge in [0.25, 0.3) is 5.91 Å². The lowest BCUT2D eigenvalue weighted by molar-refractivity contribution is -0.137. The van der Waals surface area contributed by atoms with E-state index in [1.54, 1.807) is 55.9 Å². The standard InChI is InChI=1S/C28H32F3N6O3P/c1-4-40-41(3,39)17-18-7-9-19(10-8-18)33-27-32-15-21(28(29,30)31)25(35-27)34-22-11-12-23(37-13-5-6-14-37)20-16-36(2)26(38)24(20)22/h7-12,15H,4-6,13-14,16-17H2,1-3H3,(H2,32,33,34,35). The van der Waals surface area contributed by atoms with Crippen LogP contribution in [-0.2, 0) is 28.0 Å². The van der Waals surface area contributed by atoms with Crippen molar-refractivity contribution >= 4 is 42.1 Å². The minimum absolute atomic E-state index is 0.0579. The molecule has 0 saturated carbocycles. The molecule has 0 spiro atoms. The number of nitrogens with zero attached hydrogens (tertiary/aromatic N) is 4. The molecule has 1 atom stereocenters. The number of hydrogen-bond acceptors (Lipinski definition) is 8. The van der Waals surface area contributed by atoms with Gasteiger partial charge in [-0.1, -0.05) is 12.1 Å². The van der Waals surface area contributed by atoms with Crippen LogP contribution in [-0.4, -0.2) is 54.2 Å². The molecule has 41 heavy (non-hydrogen) atoms. The molecule has 5 rings (SSSR count). The van der Waals surface area contributed by atoms with Crippen LogP contribution in [0, 0.1) is 0 Å². The molecule has 3 aromatic rings. The number of benzene rings is 2. The Hall–Kier alpha value is -3.63. The molecule has 1 fully saturated rings. The molecule has 2 aliphatic rings. The maximum atomic E-state index is 14.0. The Morgan fingerprint density at radius 1 is 1.07 bits per heavy atom. The number of carbonyl (C=O) groups is 1. The van der Waals surface area contributed by atoms with Crippen molar-refractivity contribution in [1.29, 1.82) is 0 Å². The van der Waals surface area contributed by atoms with Crippen LogP contribution in [0.2, 0.25) is 0 Å². The molecule has 0 bridgehead atoms. The van der Waals surface area contributed by atoms with Gasteiger partial charge in [-0.3, -0.25) is 9.36 Å². The Balaban J connectivity index is 1.44. The van der Waals surface area contributed by atoms with Crippen LogP contribution in [0.15, 0.2) is 42.6 Å². The van der Waals surface area contributed by atoms with E-state index >= 15 is 0 Å². The molecule has 1 unspecified atom stereocenters. The zero-order chi connectivity index (χ0) is 29.4. The van der Waals surface area contributed by atoms with Crippen LogP contribution in [0.1, 0.15) is 46.8 Å². The van der Waals surface area contributed by atoms with E-state index in [1.807, 2.05) is 6.07 Å². The molecular formula is C28H32F3N6O3P. The Bertz CT molecular complexity index is 1490. The molecule has 9 nitrogen and oxygen atoms in total. The third-order valence-electron chi connectivity index (χ3n) is 7.12. The van der Waals surface area contributed by atoms with Gasteiger partial charge < -0.3 is 25.0 Å². The molecular weight excluding hydrogens is 556 g/mol. The number of amides is 1. The first kappa shape index (κ1) is 28.9. The number of alkyl halides is 3. The summed E-state index contributed by atoms with van der Waals surface area (Å²) in [5, 5.41) is 5.73. The zero-order valence-electron chi connectivity index (χ0n) is 23.1. The highest BCUT2D eigenvalue weighted by atomic mass is 31.2. The Kier molecular flexibility index (Phi) is 7.98. The molecule has 0 radical (unpaired) electrons. The van der Waals surface area contributed by atoms with Gasteiger partial charge in [-0.15, -0.1) is 0 Å². The Labute approximate surface area is 236 Å². The van der Waals surface area contributed by atoms with Gasteiger partial charge >= 0.3 is 6.18 Å². The fraction of sp³-hybridized carbons (Fsp3) is 0.393. The van der Waals surface area contributed by atoms with E-state index in [0.717, 1.165) is 42.7 Å². The van der Waals surface area contributed by atoms with E-state index in [-0.39, 0.29) is 23.7 Å². The van der Waals surface area contributed by atoms with Crippen molar-refractivity contribution in [2.24, 2.45) is 0 Å². The number of carbonyl (C=O) groups excluding carboxylic acids is 1. The van der Waals surface area contributed by atoms with Gasteiger partial charge in [0, 0.05) is 62.6 Å². The number of halogens is 3. The predicted molar refractivity (Wildman–Crippen MR) is 153 cm³/mol. The van der Waals surface area contributed by atoms with Crippen molar-refractivity contribution in [2.45, 2.75) is 38.6 Å². The molecule has 2 aromatic carbocycles. The highest BCUT2D eigenvalue weighted by Gasteiger charge is 2.37. The zero-order valence-corrected chi connectivity index (χ0v) is 24.0. The summed E-state index contributed by atoms with van der Waals surface area (Å²) in [5.41, 5.74) is 2.63. The average Bonchev–Trinajstić information content (AvgIpc) is 3.53. The minimum atomic E-state index is -4.73. The molecule has 13 heteroatoms. The molecule has 1 saturated heterocycles. The minimum Gasteiger partial charge on any atom is -0.371 e. The van der Waals surface area contributed by atoms with Gasteiger partial charge in [0.05, 0.1) is 17.9 Å². The SMILES string of the molecule is CCOP(C)(=O)Cc1ccc(Nc2ncc(C(F)(F)F)c(Nc3ccc(N4CCCC4)c4c3C(=O)N(C)C4)n2)cc1. The first-order valence-corrected chi connectivity index (χ1v) is 15.7. The van der Waals surface area contributed by atoms with Crippen molar-refractivity contribution in [3.63, 3.8) is 0 Å². The number of hydrogen-bond donors (Lipinski definition) is 2. The summed E-state index contributed by atoms with van der Waals surface area (Å²) in [7, 11) is -1.10. The second kappa shape index (κ2) is 11.3. The predicted octanol–water partition coefficient (Wildman–Crippen LogP) is 6.61. The maximum Gasteiger partial charge on any atom is 0.421 e. The van der Waals surface area contributed by atoms with Crippen molar-refractivity contribution in [3.05, 3.63) is 64.8 Å². The van der Waals surface area contributed by atoms with Gasteiger partial charge in [0.1, 0.15) is 11.4 Å². The summed E-state index contributed by atoms with van der Waals surface area (Å²) in [4.78, 5) is 24.9. The van der Waals surface area contributed by atoms with Gasteiger partial charge in [0.15, 0.2) is 0 Å². The maximum absolute atomic E-state index is 14.0. The molecule has 1 amide bonds.